The van der Waals surface area contributed by atoms with Gasteiger partial charge in [-0.3, -0.25) is 4.79 Å². The van der Waals surface area contributed by atoms with E-state index in [1.165, 1.54) is 0 Å². The van der Waals surface area contributed by atoms with Gasteiger partial charge < -0.3 is 0 Å². The van der Waals surface area contributed by atoms with Crippen LogP contribution in [0.1, 0.15) is 65.5 Å². The van der Waals surface area contributed by atoms with E-state index in [1.807, 2.05) is 39.0 Å². The third-order valence-electron chi connectivity index (χ3n) is 3.62. The minimum absolute atomic E-state index is 0.00976. The lowest BCUT2D eigenvalue weighted by atomic mass is 9.95. The Morgan fingerprint density at radius 2 is 1.88 bits per heavy atom. The van der Waals surface area contributed by atoms with E-state index in [9.17, 15) is 9.00 Å². The van der Waals surface area contributed by atoms with Crippen molar-refractivity contribution in [3.63, 3.8) is 0 Å². The number of hydrogen-bond acceptors (Lipinski definition) is 2. The van der Waals surface area contributed by atoms with Gasteiger partial charge in [0.1, 0.15) is 0 Å². The highest BCUT2D eigenvalue weighted by Crippen LogP contribution is 2.27. The zero-order valence-corrected chi connectivity index (χ0v) is 16.8. The molecule has 0 saturated carbocycles. The highest BCUT2D eigenvalue weighted by atomic mass is 35.5. The monoisotopic (exact) mass is 369 g/mol. The molecule has 0 aliphatic rings. The molecule has 1 unspecified atom stereocenters. The van der Waals surface area contributed by atoms with Crippen molar-refractivity contribution in [2.24, 2.45) is 0 Å². The van der Waals surface area contributed by atoms with E-state index in [0.29, 0.717) is 10.6 Å². The van der Waals surface area contributed by atoms with Crippen LogP contribution in [0.2, 0.25) is 5.02 Å². The Hall–Kier alpha value is -0.970. The Morgan fingerprint density at radius 3 is 2.33 bits per heavy atom. The van der Waals surface area contributed by atoms with Crippen LogP contribution in [-0.4, -0.2) is 14.7 Å². The van der Waals surface area contributed by atoms with Gasteiger partial charge in [-0.1, -0.05) is 49.6 Å². The second-order valence-corrected chi connectivity index (χ2v) is 9.28. The Labute approximate surface area is 153 Å². The van der Waals surface area contributed by atoms with Crippen molar-refractivity contribution < 1.29 is 9.00 Å². The largest absolute Gasteiger partial charge is 0.295 e. The first-order valence-corrected chi connectivity index (χ1v) is 9.84. The minimum atomic E-state index is -1.29. The molecule has 3 nitrogen and oxygen atoms in total. The predicted octanol–water partition coefficient (Wildman–Crippen LogP) is 5.14. The lowest BCUT2D eigenvalue weighted by Gasteiger charge is -2.26. The number of ketones is 1. The topological polar surface area (TPSA) is 46.2 Å². The fourth-order valence-corrected chi connectivity index (χ4v) is 3.13. The van der Waals surface area contributed by atoms with Gasteiger partial charge in [-0.2, -0.15) is 0 Å². The summed E-state index contributed by atoms with van der Waals surface area (Å²) in [5, 5.41) is 0.633. The van der Waals surface area contributed by atoms with Gasteiger partial charge in [-0.25, -0.2) is 8.93 Å². The van der Waals surface area contributed by atoms with Crippen LogP contribution in [0.3, 0.4) is 0 Å². The summed E-state index contributed by atoms with van der Waals surface area (Å²) in [4.78, 5) is 12.2. The van der Waals surface area contributed by atoms with Crippen molar-refractivity contribution in [2.45, 2.75) is 64.7 Å². The maximum Gasteiger partial charge on any atom is 0.157 e. The normalized spacial score (nSPS) is 15.2. The first-order chi connectivity index (χ1) is 11.2. The first-order valence-electron chi connectivity index (χ1n) is 8.31. The molecule has 5 heteroatoms. The van der Waals surface area contributed by atoms with Crippen molar-refractivity contribution >= 4 is 28.4 Å². The molecule has 0 saturated heterocycles. The van der Waals surface area contributed by atoms with Crippen LogP contribution in [-0.2, 0) is 15.8 Å². The SMILES string of the molecule is CCCC/C=C(\C(C)=O)[C@@H](NS(=O)C(C)(C)C)c1ccc(Cl)cc1. The Morgan fingerprint density at radius 1 is 1.29 bits per heavy atom. The van der Waals surface area contributed by atoms with Crippen LogP contribution in [0.5, 0.6) is 0 Å². The molecule has 0 heterocycles. The fourth-order valence-electron chi connectivity index (χ4n) is 2.18. The van der Waals surface area contributed by atoms with Crippen molar-refractivity contribution in [3.8, 4) is 0 Å². The molecule has 0 aliphatic carbocycles. The summed E-state index contributed by atoms with van der Waals surface area (Å²) >= 11 is 5.98. The van der Waals surface area contributed by atoms with E-state index >= 15 is 0 Å². The molecule has 0 spiro atoms. The van der Waals surface area contributed by atoms with Gasteiger partial charge in [0.15, 0.2) is 5.78 Å². The minimum Gasteiger partial charge on any atom is -0.295 e. The Balaban J connectivity index is 3.24. The Kier molecular flexibility index (Phi) is 8.34. The zero-order chi connectivity index (χ0) is 18.3. The average molecular weight is 370 g/mol. The summed E-state index contributed by atoms with van der Waals surface area (Å²) in [6, 6.07) is 6.91. The van der Waals surface area contributed by atoms with Gasteiger partial charge in [-0.05, 0) is 51.8 Å². The van der Waals surface area contributed by atoms with E-state index in [0.717, 1.165) is 24.8 Å². The third-order valence-corrected chi connectivity index (χ3v) is 5.44. The van der Waals surface area contributed by atoms with E-state index in [1.54, 1.807) is 19.1 Å². The highest BCUT2D eigenvalue weighted by Gasteiger charge is 2.27. The molecule has 0 amide bonds. The number of benzene rings is 1. The number of carbonyl (C=O) groups is 1. The molecule has 24 heavy (non-hydrogen) atoms. The summed E-state index contributed by atoms with van der Waals surface area (Å²) in [7, 11) is -1.29. The van der Waals surface area contributed by atoms with Gasteiger partial charge in [0, 0.05) is 10.6 Å². The molecule has 1 aromatic rings. The second-order valence-electron chi connectivity index (χ2n) is 6.84. The number of rotatable bonds is 8. The van der Waals surface area contributed by atoms with Gasteiger partial charge in [0.25, 0.3) is 0 Å². The standard InChI is InChI=1S/C19H28ClNO2S/c1-6-7-8-9-17(14(2)22)18(21-24(23)19(3,4)5)15-10-12-16(20)13-11-15/h9-13,18,21H,6-8H2,1-5H3/b17-9+/t18-,24?/m0/s1. The fraction of sp³-hybridized carbons (Fsp3) is 0.526. The van der Waals surface area contributed by atoms with Crippen LogP contribution in [0.25, 0.3) is 0 Å². The maximum atomic E-state index is 12.6. The number of Topliss-reactive ketones (excluding diaryl/α,β-unsaturated/α-hetero) is 1. The van der Waals surface area contributed by atoms with Crippen molar-refractivity contribution in [1.29, 1.82) is 0 Å². The molecule has 0 radical (unpaired) electrons. The van der Waals surface area contributed by atoms with Crippen LogP contribution in [0, 0.1) is 0 Å². The van der Waals surface area contributed by atoms with Crippen molar-refractivity contribution in [2.75, 3.05) is 0 Å². The highest BCUT2D eigenvalue weighted by molar-refractivity contribution is 7.84. The molecule has 0 bridgehead atoms. The summed E-state index contributed by atoms with van der Waals surface area (Å²) in [5.74, 6) is -0.00976. The number of unbranched alkanes of at least 4 members (excludes halogenated alkanes) is 2. The summed E-state index contributed by atoms with van der Waals surface area (Å²) in [6.45, 7) is 9.39. The van der Waals surface area contributed by atoms with Crippen LogP contribution in [0.15, 0.2) is 35.9 Å². The summed E-state index contributed by atoms with van der Waals surface area (Å²) in [5.41, 5.74) is 1.54. The van der Waals surface area contributed by atoms with Gasteiger partial charge in [-0.15, -0.1) is 0 Å². The van der Waals surface area contributed by atoms with E-state index < -0.39 is 21.8 Å². The quantitative estimate of drug-likeness (QED) is 0.509. The van der Waals surface area contributed by atoms with Crippen molar-refractivity contribution in [1.82, 2.24) is 4.72 Å². The van der Waals surface area contributed by atoms with Crippen LogP contribution >= 0.6 is 11.6 Å². The summed E-state index contributed by atoms with van der Waals surface area (Å²) in [6.07, 6.45) is 4.89. The lowest BCUT2D eigenvalue weighted by Crippen LogP contribution is -2.37. The molecule has 1 aromatic carbocycles. The molecule has 2 atom stereocenters. The third kappa shape index (κ3) is 6.50. The molecule has 0 aliphatic heterocycles. The first kappa shape index (κ1) is 21.1. The lowest BCUT2D eigenvalue weighted by molar-refractivity contribution is -0.113. The smallest absolute Gasteiger partial charge is 0.157 e. The number of nitrogens with one attached hydrogen (secondary N) is 1. The second kappa shape index (κ2) is 9.50. The van der Waals surface area contributed by atoms with E-state index in [2.05, 4.69) is 11.6 Å². The van der Waals surface area contributed by atoms with Crippen LogP contribution in [0.4, 0.5) is 0 Å². The van der Waals surface area contributed by atoms with E-state index in [4.69, 9.17) is 11.6 Å². The predicted molar refractivity (Wildman–Crippen MR) is 104 cm³/mol. The molecule has 134 valence electrons. The zero-order valence-electron chi connectivity index (χ0n) is 15.2. The van der Waals surface area contributed by atoms with Gasteiger partial charge >= 0.3 is 0 Å². The number of halogens is 1. The van der Waals surface area contributed by atoms with Crippen molar-refractivity contribution in [3.05, 3.63) is 46.5 Å². The molecular weight excluding hydrogens is 342 g/mol. The van der Waals surface area contributed by atoms with Gasteiger partial charge in [0.2, 0.25) is 0 Å². The molecular formula is C19H28ClNO2S. The average Bonchev–Trinajstić information content (AvgIpc) is 2.49. The number of allylic oxidation sites excluding steroid dienone is 1. The Bertz CT molecular complexity index is 603. The number of hydrogen-bond donors (Lipinski definition) is 1. The molecule has 1 rings (SSSR count). The molecule has 1 N–H and O–H groups in total. The summed E-state index contributed by atoms with van der Waals surface area (Å²) < 4.78 is 15.3. The maximum absolute atomic E-state index is 12.6. The van der Waals surface area contributed by atoms with Crippen LogP contribution < -0.4 is 4.72 Å². The van der Waals surface area contributed by atoms with E-state index in [-0.39, 0.29) is 5.78 Å². The number of carbonyl (C=O) groups excluding carboxylic acids is 1. The van der Waals surface area contributed by atoms with Gasteiger partial charge in [0.05, 0.1) is 21.8 Å². The molecule has 0 fully saturated rings. The molecule has 0 aromatic heterocycles.